The molecule has 0 heterocycles. The summed E-state index contributed by atoms with van der Waals surface area (Å²) in [7, 11) is 0. The van der Waals surface area contributed by atoms with Crippen molar-refractivity contribution in [2.45, 2.75) is 11.2 Å². The van der Waals surface area contributed by atoms with Gasteiger partial charge in [0.05, 0.1) is 5.56 Å². The Morgan fingerprint density at radius 3 is 2.62 bits per heavy atom. The smallest absolute Gasteiger partial charge is 0.440 e. The van der Waals surface area contributed by atoms with Crippen LogP contribution in [0.3, 0.4) is 0 Å². The van der Waals surface area contributed by atoms with E-state index in [9.17, 15) is 18.0 Å². The SMILES string of the molecule is O=C(O)c1cccc(OC(F)(F)C(F)Br)c1. The molecule has 16 heavy (non-hydrogen) atoms. The standard InChI is InChI=1S/C9H6BrF3O3/c10-8(11)9(12,13)16-6-3-1-2-5(4-6)7(14)15/h1-4,8H,(H,14,15). The van der Waals surface area contributed by atoms with Crippen LogP contribution in [0.5, 0.6) is 5.75 Å². The summed E-state index contributed by atoms with van der Waals surface area (Å²) < 4.78 is 41.9. The molecule has 0 aliphatic heterocycles. The number of carboxylic acids is 1. The summed E-state index contributed by atoms with van der Waals surface area (Å²) in [5, 5.41) is 5.92. The van der Waals surface area contributed by atoms with Crippen LogP contribution >= 0.6 is 15.9 Å². The Morgan fingerprint density at radius 2 is 2.12 bits per heavy atom. The van der Waals surface area contributed by atoms with Gasteiger partial charge in [-0.05, 0) is 34.1 Å². The average molecular weight is 299 g/mol. The average Bonchev–Trinajstić information content (AvgIpc) is 2.17. The van der Waals surface area contributed by atoms with E-state index in [1.54, 1.807) is 0 Å². The molecule has 1 N–H and O–H groups in total. The van der Waals surface area contributed by atoms with Crippen LogP contribution in [0.15, 0.2) is 24.3 Å². The second-order valence-electron chi connectivity index (χ2n) is 2.80. The molecule has 0 aliphatic carbocycles. The Bertz CT molecular complexity index is 395. The van der Waals surface area contributed by atoms with E-state index in [2.05, 4.69) is 4.74 Å². The van der Waals surface area contributed by atoms with Gasteiger partial charge in [0.2, 0.25) is 0 Å². The number of alkyl halides is 4. The van der Waals surface area contributed by atoms with Gasteiger partial charge in [-0.15, -0.1) is 0 Å². The minimum Gasteiger partial charge on any atom is -0.478 e. The number of carboxylic acid groups (broad SMARTS) is 1. The summed E-state index contributed by atoms with van der Waals surface area (Å²) >= 11 is 2.04. The van der Waals surface area contributed by atoms with Crippen LogP contribution in [0.1, 0.15) is 10.4 Å². The van der Waals surface area contributed by atoms with Crippen molar-refractivity contribution in [3.8, 4) is 5.75 Å². The van der Waals surface area contributed by atoms with Crippen LogP contribution in [0.25, 0.3) is 0 Å². The third-order valence-corrected chi connectivity index (χ3v) is 2.12. The maximum atomic E-state index is 12.8. The highest BCUT2D eigenvalue weighted by molar-refractivity contribution is 9.09. The molecule has 0 spiro atoms. The Labute approximate surface area is 97.0 Å². The van der Waals surface area contributed by atoms with E-state index in [0.29, 0.717) is 0 Å². The molecule has 1 atom stereocenters. The first-order valence-electron chi connectivity index (χ1n) is 4.01. The number of aromatic carboxylic acids is 1. The van der Waals surface area contributed by atoms with E-state index >= 15 is 0 Å². The zero-order chi connectivity index (χ0) is 12.3. The lowest BCUT2D eigenvalue weighted by atomic mass is 10.2. The quantitative estimate of drug-likeness (QED) is 0.869. The minimum atomic E-state index is -4.06. The van der Waals surface area contributed by atoms with Crippen molar-refractivity contribution in [2.24, 2.45) is 0 Å². The molecule has 1 aromatic rings. The largest absolute Gasteiger partial charge is 0.478 e. The van der Waals surface area contributed by atoms with Crippen LogP contribution in [0.2, 0.25) is 0 Å². The van der Waals surface area contributed by atoms with Crippen molar-refractivity contribution >= 4 is 21.9 Å². The number of carbonyl (C=O) groups is 1. The predicted molar refractivity (Wildman–Crippen MR) is 52.8 cm³/mol. The van der Waals surface area contributed by atoms with Crippen molar-refractivity contribution in [1.29, 1.82) is 0 Å². The number of hydrogen-bond donors (Lipinski definition) is 1. The molecular formula is C9H6BrF3O3. The van der Waals surface area contributed by atoms with E-state index in [-0.39, 0.29) is 5.56 Å². The van der Waals surface area contributed by atoms with Gasteiger partial charge < -0.3 is 9.84 Å². The highest BCUT2D eigenvalue weighted by Crippen LogP contribution is 2.29. The topological polar surface area (TPSA) is 46.5 Å². The Hall–Kier alpha value is -1.24. The van der Waals surface area contributed by atoms with Gasteiger partial charge in [0.1, 0.15) is 5.75 Å². The summed E-state index contributed by atoms with van der Waals surface area (Å²) in [5.41, 5.74) is -0.224. The third-order valence-electron chi connectivity index (χ3n) is 1.59. The fourth-order valence-electron chi connectivity index (χ4n) is 0.894. The van der Waals surface area contributed by atoms with E-state index in [1.165, 1.54) is 12.1 Å². The monoisotopic (exact) mass is 298 g/mol. The molecule has 3 nitrogen and oxygen atoms in total. The molecule has 1 aromatic carbocycles. The lowest BCUT2D eigenvalue weighted by Crippen LogP contribution is -2.32. The predicted octanol–water partition coefficient (Wildman–Crippen LogP) is 3.05. The molecule has 88 valence electrons. The fourth-order valence-corrected chi connectivity index (χ4v) is 0.988. The minimum absolute atomic E-state index is 0.224. The van der Waals surface area contributed by atoms with E-state index < -0.39 is 22.9 Å². The maximum Gasteiger partial charge on any atom is 0.440 e. The molecule has 0 aliphatic rings. The molecular weight excluding hydrogens is 293 g/mol. The molecule has 0 amide bonds. The van der Waals surface area contributed by atoms with Crippen molar-refractivity contribution in [2.75, 3.05) is 0 Å². The molecule has 1 unspecified atom stereocenters. The van der Waals surface area contributed by atoms with Gasteiger partial charge >= 0.3 is 12.1 Å². The Morgan fingerprint density at radius 1 is 1.50 bits per heavy atom. The van der Waals surface area contributed by atoms with E-state index in [0.717, 1.165) is 12.1 Å². The molecule has 7 heteroatoms. The Kier molecular flexibility index (Phi) is 3.79. The van der Waals surface area contributed by atoms with Gasteiger partial charge in [-0.2, -0.15) is 8.78 Å². The van der Waals surface area contributed by atoms with Crippen molar-refractivity contribution in [1.82, 2.24) is 0 Å². The van der Waals surface area contributed by atoms with Crippen LogP contribution in [0, 0.1) is 0 Å². The molecule has 1 rings (SSSR count). The summed E-state index contributed by atoms with van der Waals surface area (Å²) in [5.74, 6) is -1.71. The van der Waals surface area contributed by atoms with Crippen LogP contribution in [-0.2, 0) is 0 Å². The fraction of sp³-hybridized carbons (Fsp3) is 0.222. The number of ether oxygens (including phenoxy) is 1. The number of rotatable bonds is 4. The summed E-state index contributed by atoms with van der Waals surface area (Å²) in [6.45, 7) is 0. The first-order chi connectivity index (χ1) is 7.33. The number of benzene rings is 1. The van der Waals surface area contributed by atoms with Gasteiger partial charge in [-0.3, -0.25) is 0 Å². The van der Waals surface area contributed by atoms with Crippen LogP contribution in [-0.4, -0.2) is 22.3 Å². The zero-order valence-electron chi connectivity index (χ0n) is 7.66. The summed E-state index contributed by atoms with van der Waals surface area (Å²) in [4.78, 5) is 10.5. The lowest BCUT2D eigenvalue weighted by Gasteiger charge is -2.17. The summed E-state index contributed by atoms with van der Waals surface area (Å²) in [6.07, 6.45) is -4.06. The molecule has 0 radical (unpaired) electrons. The first kappa shape index (κ1) is 12.8. The lowest BCUT2D eigenvalue weighted by molar-refractivity contribution is -0.195. The number of hydrogen-bond acceptors (Lipinski definition) is 2. The van der Waals surface area contributed by atoms with E-state index in [4.69, 9.17) is 5.11 Å². The Balaban J connectivity index is 2.90. The van der Waals surface area contributed by atoms with Gasteiger partial charge in [0, 0.05) is 0 Å². The molecule has 0 bridgehead atoms. The van der Waals surface area contributed by atoms with Crippen molar-refractivity contribution < 1.29 is 27.8 Å². The third kappa shape index (κ3) is 3.13. The maximum absolute atomic E-state index is 12.8. The van der Waals surface area contributed by atoms with Gasteiger partial charge in [-0.1, -0.05) is 6.07 Å². The summed E-state index contributed by atoms with van der Waals surface area (Å²) in [6, 6.07) is 4.41. The normalized spacial score (nSPS) is 13.2. The number of halogens is 4. The molecule has 0 saturated carbocycles. The molecule has 0 fully saturated rings. The van der Waals surface area contributed by atoms with Crippen molar-refractivity contribution in [3.63, 3.8) is 0 Å². The molecule has 0 aromatic heterocycles. The first-order valence-corrected chi connectivity index (χ1v) is 4.93. The van der Waals surface area contributed by atoms with Crippen LogP contribution in [0.4, 0.5) is 13.2 Å². The highest BCUT2D eigenvalue weighted by atomic mass is 79.9. The van der Waals surface area contributed by atoms with Crippen LogP contribution < -0.4 is 4.74 Å². The highest BCUT2D eigenvalue weighted by Gasteiger charge is 2.41. The van der Waals surface area contributed by atoms with Crippen molar-refractivity contribution in [3.05, 3.63) is 29.8 Å². The van der Waals surface area contributed by atoms with Gasteiger partial charge in [0.25, 0.3) is 5.08 Å². The van der Waals surface area contributed by atoms with Gasteiger partial charge in [-0.25, -0.2) is 9.18 Å². The van der Waals surface area contributed by atoms with Gasteiger partial charge in [0.15, 0.2) is 0 Å². The second-order valence-corrected chi connectivity index (χ2v) is 3.60. The second kappa shape index (κ2) is 4.73. The van der Waals surface area contributed by atoms with E-state index in [1.807, 2.05) is 15.9 Å². The molecule has 0 saturated heterocycles. The zero-order valence-corrected chi connectivity index (χ0v) is 9.25.